The number of H-pyrrole nitrogens is 1. The van der Waals surface area contributed by atoms with E-state index in [4.69, 9.17) is 23.2 Å². The first kappa shape index (κ1) is 30.7. The zero-order valence-electron chi connectivity index (χ0n) is 22.8. The Morgan fingerprint density at radius 3 is 2.51 bits per heavy atom. The summed E-state index contributed by atoms with van der Waals surface area (Å²) in [5, 5.41) is 14.5. The van der Waals surface area contributed by atoms with Gasteiger partial charge in [-0.3, -0.25) is 4.79 Å². The molecule has 12 heteroatoms. The molecule has 9 nitrogen and oxygen atoms in total. The number of anilines is 1. The first-order chi connectivity index (χ1) is 19.5. The number of nitrogens with zero attached hydrogens (tertiary/aromatic N) is 2. The number of aromatic amines is 1. The van der Waals surface area contributed by atoms with Gasteiger partial charge in [0.25, 0.3) is 5.91 Å². The zero-order chi connectivity index (χ0) is 29.7. The van der Waals surface area contributed by atoms with E-state index >= 15 is 0 Å². The van der Waals surface area contributed by atoms with Crippen LogP contribution in [0.15, 0.2) is 71.9 Å². The van der Waals surface area contributed by atoms with E-state index in [0.29, 0.717) is 32.6 Å². The fraction of sp³-hybridized carbons (Fsp3) is 0.241. The predicted octanol–water partition coefficient (Wildman–Crippen LogP) is 4.42. The molecule has 1 atom stereocenters. The maximum absolute atomic E-state index is 11.8. The van der Waals surface area contributed by atoms with Gasteiger partial charge in [-0.2, -0.15) is 0 Å². The topological polar surface area (TPSA) is 127 Å². The van der Waals surface area contributed by atoms with Crippen LogP contribution in [0.5, 0.6) is 0 Å². The summed E-state index contributed by atoms with van der Waals surface area (Å²) in [6.07, 6.45) is 1.45. The molecule has 5 rings (SSSR count). The number of likely N-dealkylation sites (N-methyl/N-ethyl adjacent to an activating group) is 1. The number of fused-ring (bicyclic) bond motifs is 2. The van der Waals surface area contributed by atoms with Gasteiger partial charge in [-0.25, -0.2) is 18.1 Å². The minimum Gasteiger partial charge on any atom is -0.364 e. The number of nitrogens with one attached hydrogen (secondary N) is 3. The summed E-state index contributed by atoms with van der Waals surface area (Å²) in [5.41, 5.74) is 5.25. The normalized spacial score (nSPS) is 15.0. The summed E-state index contributed by atoms with van der Waals surface area (Å²) in [6, 6.07) is 17.8. The maximum Gasteiger partial charge on any atom is 0.276 e. The Kier molecular flexibility index (Phi) is 9.85. The van der Waals surface area contributed by atoms with Crippen LogP contribution in [0, 0.1) is 0 Å². The largest absolute Gasteiger partial charge is 0.364 e. The smallest absolute Gasteiger partial charge is 0.276 e. The van der Waals surface area contributed by atoms with Gasteiger partial charge in [0.1, 0.15) is 0 Å². The van der Waals surface area contributed by atoms with Gasteiger partial charge in [0.2, 0.25) is 16.3 Å². The zero-order valence-corrected chi connectivity index (χ0v) is 25.1. The van der Waals surface area contributed by atoms with Gasteiger partial charge in [-0.1, -0.05) is 47.5 Å². The summed E-state index contributed by atoms with van der Waals surface area (Å²) in [4.78, 5) is 21.2. The van der Waals surface area contributed by atoms with Crippen LogP contribution in [0.4, 0.5) is 5.69 Å². The van der Waals surface area contributed by atoms with Gasteiger partial charge in [0, 0.05) is 44.8 Å². The molecule has 0 fully saturated rings. The van der Waals surface area contributed by atoms with E-state index in [0.717, 1.165) is 29.4 Å². The van der Waals surface area contributed by atoms with Crippen molar-refractivity contribution in [3.63, 3.8) is 0 Å². The van der Waals surface area contributed by atoms with Gasteiger partial charge in [0.15, 0.2) is 0 Å². The molecule has 41 heavy (non-hydrogen) atoms. The molecule has 4 aromatic rings. The quantitative estimate of drug-likeness (QED) is 0.245. The van der Waals surface area contributed by atoms with Crippen LogP contribution in [0.1, 0.15) is 22.3 Å². The van der Waals surface area contributed by atoms with E-state index in [-0.39, 0.29) is 5.75 Å². The summed E-state index contributed by atoms with van der Waals surface area (Å²) >= 11 is 12.2. The minimum absolute atomic E-state index is 0.0116. The lowest BCUT2D eigenvalue weighted by molar-refractivity contribution is -0.123. The molecule has 1 aliphatic rings. The number of carbonyl (C=O) groups excluding carboxylic acids is 1. The molecule has 1 aliphatic heterocycles. The number of aliphatic hydroxyl groups excluding tert-OH is 1. The van der Waals surface area contributed by atoms with Gasteiger partial charge in [-0.15, -0.1) is 0 Å². The fourth-order valence-corrected chi connectivity index (χ4v) is 5.45. The second-order valence-electron chi connectivity index (χ2n) is 9.72. The second-order valence-corrected chi connectivity index (χ2v) is 12.5. The molecular weight excluding hydrogens is 585 g/mol. The van der Waals surface area contributed by atoms with Crippen LogP contribution >= 0.6 is 23.2 Å². The van der Waals surface area contributed by atoms with Crippen molar-refractivity contribution in [3.05, 3.63) is 99.2 Å². The number of benzene rings is 3. The van der Waals surface area contributed by atoms with Crippen molar-refractivity contribution >= 4 is 61.4 Å². The SMILES string of the molecule is CNS(=O)(=O)Cc1ccc2[nH]cc(CCN(C)C)c2c1.O=C1Nc2ccc(Cl)cc2C(c2ccccc2Cl)=NC1O. The third-order valence-corrected chi connectivity index (χ3v) is 8.34. The second kappa shape index (κ2) is 13.2. The summed E-state index contributed by atoms with van der Waals surface area (Å²) in [5.74, 6) is -0.585. The highest BCUT2D eigenvalue weighted by molar-refractivity contribution is 7.88. The monoisotopic (exact) mass is 615 g/mol. The molecule has 2 heterocycles. The van der Waals surface area contributed by atoms with Crippen molar-refractivity contribution in [2.45, 2.75) is 18.4 Å². The number of sulfonamides is 1. The first-order valence-electron chi connectivity index (χ1n) is 12.7. The molecule has 4 N–H and O–H groups in total. The highest BCUT2D eigenvalue weighted by atomic mass is 35.5. The maximum atomic E-state index is 11.8. The Balaban J connectivity index is 0.000000189. The van der Waals surface area contributed by atoms with Gasteiger partial charge >= 0.3 is 0 Å². The minimum atomic E-state index is -3.23. The number of hydrogen-bond acceptors (Lipinski definition) is 6. The molecule has 0 spiro atoms. The molecule has 1 unspecified atom stereocenters. The average molecular weight is 617 g/mol. The molecule has 0 aliphatic carbocycles. The molecule has 0 saturated carbocycles. The number of aliphatic hydroxyl groups is 1. The molecule has 1 amide bonds. The summed E-state index contributed by atoms with van der Waals surface area (Å²) < 4.78 is 25.6. The van der Waals surface area contributed by atoms with E-state index in [1.54, 1.807) is 42.5 Å². The average Bonchev–Trinajstić information content (AvgIpc) is 3.29. The first-order valence-corrected chi connectivity index (χ1v) is 15.1. The van der Waals surface area contributed by atoms with E-state index in [1.807, 2.05) is 38.5 Å². The molecule has 0 radical (unpaired) electrons. The van der Waals surface area contributed by atoms with E-state index in [2.05, 4.69) is 24.9 Å². The van der Waals surface area contributed by atoms with Crippen molar-refractivity contribution in [2.75, 3.05) is 33.0 Å². The lowest BCUT2D eigenvalue weighted by Gasteiger charge is -2.11. The molecule has 0 saturated heterocycles. The fourth-order valence-electron chi connectivity index (χ4n) is 4.29. The van der Waals surface area contributed by atoms with Crippen molar-refractivity contribution < 1.29 is 18.3 Å². The number of aromatic nitrogens is 1. The van der Waals surface area contributed by atoms with Gasteiger partial charge < -0.3 is 20.3 Å². The van der Waals surface area contributed by atoms with E-state index in [1.165, 1.54) is 12.6 Å². The molecule has 216 valence electrons. The third kappa shape index (κ3) is 7.73. The van der Waals surface area contributed by atoms with Crippen LogP contribution in [-0.2, 0) is 27.0 Å². The highest BCUT2D eigenvalue weighted by Gasteiger charge is 2.25. The summed E-state index contributed by atoms with van der Waals surface area (Å²) in [6.45, 7) is 0.964. The molecule has 3 aromatic carbocycles. The van der Waals surface area contributed by atoms with Gasteiger partial charge in [-0.05, 0) is 75.1 Å². The van der Waals surface area contributed by atoms with Crippen LogP contribution in [0.25, 0.3) is 10.9 Å². The van der Waals surface area contributed by atoms with Crippen LogP contribution in [-0.4, -0.2) is 68.9 Å². The molecule has 0 bridgehead atoms. The lowest BCUT2D eigenvalue weighted by Crippen LogP contribution is -2.24. The summed E-state index contributed by atoms with van der Waals surface area (Å²) in [7, 11) is 2.29. The van der Waals surface area contributed by atoms with E-state index < -0.39 is 22.2 Å². The highest BCUT2D eigenvalue weighted by Crippen LogP contribution is 2.29. The van der Waals surface area contributed by atoms with E-state index in [9.17, 15) is 18.3 Å². The Morgan fingerprint density at radius 2 is 1.80 bits per heavy atom. The number of halogens is 2. The number of benzodiazepines with no additional fused rings is 1. The van der Waals surface area contributed by atoms with Gasteiger partial charge in [0.05, 0.1) is 17.2 Å². The number of rotatable bonds is 7. The third-order valence-electron chi connectivity index (χ3n) is 6.44. The number of amides is 1. The Morgan fingerprint density at radius 1 is 1.05 bits per heavy atom. The van der Waals surface area contributed by atoms with Crippen molar-refractivity contribution in [3.8, 4) is 0 Å². The van der Waals surface area contributed by atoms with Crippen molar-refractivity contribution in [2.24, 2.45) is 4.99 Å². The van der Waals surface area contributed by atoms with Crippen molar-refractivity contribution in [1.29, 1.82) is 0 Å². The number of hydrogen-bond donors (Lipinski definition) is 4. The number of aliphatic imine (C=N–C) groups is 1. The van der Waals surface area contributed by atoms with Crippen LogP contribution in [0.2, 0.25) is 10.0 Å². The van der Waals surface area contributed by atoms with Crippen LogP contribution < -0.4 is 10.0 Å². The van der Waals surface area contributed by atoms with Crippen molar-refractivity contribution in [1.82, 2.24) is 14.6 Å². The Bertz CT molecular complexity index is 1700. The van der Waals surface area contributed by atoms with Crippen LogP contribution in [0.3, 0.4) is 0 Å². The molecular formula is C29H31Cl2N5O4S. The Labute approximate surface area is 249 Å². The standard InChI is InChI=1S/C15H10Cl2N2O2.C14H21N3O2S/c16-8-5-6-12-10(7-8)13(19-15(21)14(20)18-12)9-3-1-2-4-11(9)17;1-15-20(18,19)10-11-4-5-14-13(8-11)12(9-16-14)6-7-17(2)3/h1-7,15,21H,(H,18,20);4-5,8-9,15-16H,6-7,10H2,1-3H3. The number of carbonyl (C=O) groups is 1. The molecule has 1 aromatic heterocycles. The Hall–Kier alpha value is -3.25. The predicted molar refractivity (Wildman–Crippen MR) is 165 cm³/mol. The lowest BCUT2D eigenvalue weighted by atomic mass is 10.0.